The van der Waals surface area contributed by atoms with Gasteiger partial charge in [0, 0.05) is 19.6 Å². The van der Waals surface area contributed by atoms with E-state index < -0.39 is 0 Å². The van der Waals surface area contributed by atoms with E-state index in [-0.39, 0.29) is 24.2 Å². The van der Waals surface area contributed by atoms with Crippen molar-refractivity contribution in [2.45, 2.75) is 20.3 Å². The number of rotatable bonds is 4. The molecule has 0 spiro atoms. The zero-order valence-electron chi connectivity index (χ0n) is 10.6. The van der Waals surface area contributed by atoms with Crippen LogP contribution in [0, 0.1) is 5.92 Å². The lowest BCUT2D eigenvalue weighted by atomic mass is 10.0. The Hall–Kier alpha value is -1.10. The first-order valence-electron chi connectivity index (χ1n) is 5.66. The van der Waals surface area contributed by atoms with Gasteiger partial charge in [0.05, 0.1) is 19.4 Å². The summed E-state index contributed by atoms with van der Waals surface area (Å²) in [7, 11) is 3.31. The van der Waals surface area contributed by atoms with E-state index in [1.165, 1.54) is 7.11 Å². The van der Waals surface area contributed by atoms with Gasteiger partial charge in [-0.25, -0.2) is 0 Å². The van der Waals surface area contributed by atoms with Gasteiger partial charge in [-0.1, -0.05) is 13.8 Å². The molecule has 1 N–H and O–H groups in total. The monoisotopic (exact) mass is 230 g/mol. The van der Waals surface area contributed by atoms with Gasteiger partial charge >= 0.3 is 5.97 Å². The molecule has 1 aliphatic rings. The van der Waals surface area contributed by atoms with Crippen molar-refractivity contribution < 1.29 is 14.3 Å². The van der Waals surface area contributed by atoms with Crippen molar-refractivity contribution in [2.75, 3.05) is 33.8 Å². The van der Waals surface area contributed by atoms with E-state index >= 15 is 0 Å². The number of nitrogens with zero attached hydrogens (tertiary/aromatic N) is 1. The van der Waals surface area contributed by atoms with Crippen LogP contribution in [-0.4, -0.2) is 50.6 Å². The molecule has 0 unspecified atom stereocenters. The standard InChI is InChI=1S/C9H16N2O3.C2H6/c1-11-5-7(6-11)9(13)10-4-3-8(12)14-2;1-2/h7H,3-6H2,1-2H3,(H,10,13);1-2H3. The van der Waals surface area contributed by atoms with Gasteiger partial charge in [-0.15, -0.1) is 0 Å². The molecule has 5 nitrogen and oxygen atoms in total. The third kappa shape index (κ3) is 5.11. The van der Waals surface area contributed by atoms with Gasteiger partial charge in [0.25, 0.3) is 0 Å². The fraction of sp³-hybridized carbons (Fsp3) is 0.818. The maximum atomic E-state index is 11.4. The molecule has 5 heteroatoms. The lowest BCUT2D eigenvalue weighted by Crippen LogP contribution is -2.51. The second-order valence-corrected chi connectivity index (χ2v) is 3.54. The molecule has 0 aliphatic carbocycles. The van der Waals surface area contributed by atoms with Gasteiger partial charge < -0.3 is 15.0 Å². The van der Waals surface area contributed by atoms with Crippen molar-refractivity contribution in [2.24, 2.45) is 5.92 Å². The SMILES string of the molecule is CC.COC(=O)CCNC(=O)C1CN(C)C1. The molecule has 1 aliphatic heterocycles. The molecule has 1 rings (SSSR count). The molecule has 1 saturated heterocycles. The summed E-state index contributed by atoms with van der Waals surface area (Å²) in [6.07, 6.45) is 0.241. The van der Waals surface area contributed by atoms with E-state index in [1.54, 1.807) is 0 Å². The Morgan fingerprint density at radius 3 is 2.38 bits per heavy atom. The maximum absolute atomic E-state index is 11.4. The van der Waals surface area contributed by atoms with Crippen LogP contribution in [0.25, 0.3) is 0 Å². The molecule has 1 amide bonds. The minimum atomic E-state index is -0.295. The van der Waals surface area contributed by atoms with Gasteiger partial charge in [-0.05, 0) is 7.05 Å². The summed E-state index contributed by atoms with van der Waals surface area (Å²) >= 11 is 0. The smallest absolute Gasteiger partial charge is 0.307 e. The quantitative estimate of drug-likeness (QED) is 0.704. The van der Waals surface area contributed by atoms with Crippen LogP contribution in [0.1, 0.15) is 20.3 Å². The van der Waals surface area contributed by atoms with Crippen molar-refractivity contribution in [1.29, 1.82) is 0 Å². The van der Waals surface area contributed by atoms with Crippen LogP contribution in [0.2, 0.25) is 0 Å². The number of amides is 1. The summed E-state index contributed by atoms with van der Waals surface area (Å²) < 4.78 is 4.45. The van der Waals surface area contributed by atoms with Crippen LogP contribution < -0.4 is 5.32 Å². The van der Waals surface area contributed by atoms with Gasteiger partial charge in [0.1, 0.15) is 0 Å². The predicted octanol–water partition coefficient (Wildman–Crippen LogP) is 0.254. The molecular formula is C11H22N2O3. The summed E-state index contributed by atoms with van der Waals surface area (Å²) in [5.41, 5.74) is 0. The lowest BCUT2D eigenvalue weighted by molar-refractivity contribution is -0.140. The van der Waals surface area contributed by atoms with Gasteiger partial charge in [-0.3, -0.25) is 9.59 Å². The summed E-state index contributed by atoms with van der Waals surface area (Å²) in [6, 6.07) is 0. The highest BCUT2D eigenvalue weighted by Crippen LogP contribution is 2.11. The van der Waals surface area contributed by atoms with Gasteiger partial charge in [0.15, 0.2) is 0 Å². The molecule has 0 aromatic heterocycles. The second kappa shape index (κ2) is 8.10. The lowest BCUT2D eigenvalue weighted by Gasteiger charge is -2.34. The predicted molar refractivity (Wildman–Crippen MR) is 62.0 cm³/mol. The van der Waals surface area contributed by atoms with Crippen LogP contribution in [0.4, 0.5) is 0 Å². The Labute approximate surface area is 97.1 Å². The first-order valence-corrected chi connectivity index (χ1v) is 5.66. The molecule has 0 aromatic rings. The molecular weight excluding hydrogens is 208 g/mol. The van der Waals surface area contributed by atoms with Crippen molar-refractivity contribution in [3.05, 3.63) is 0 Å². The largest absolute Gasteiger partial charge is 0.469 e. The first kappa shape index (κ1) is 14.9. The second-order valence-electron chi connectivity index (χ2n) is 3.54. The molecule has 0 aromatic carbocycles. The average Bonchev–Trinajstić information content (AvgIpc) is 2.27. The van der Waals surface area contributed by atoms with Gasteiger partial charge in [0.2, 0.25) is 5.91 Å². The molecule has 0 radical (unpaired) electrons. The minimum Gasteiger partial charge on any atom is -0.469 e. The minimum absolute atomic E-state index is 0.0343. The Kier molecular flexibility index (Phi) is 7.54. The van der Waals surface area contributed by atoms with Crippen LogP contribution in [-0.2, 0) is 14.3 Å². The highest BCUT2D eigenvalue weighted by Gasteiger charge is 2.29. The Morgan fingerprint density at radius 1 is 1.38 bits per heavy atom. The third-order valence-electron chi connectivity index (χ3n) is 2.29. The van der Waals surface area contributed by atoms with Crippen LogP contribution in [0.5, 0.6) is 0 Å². The van der Waals surface area contributed by atoms with Gasteiger partial charge in [-0.2, -0.15) is 0 Å². The number of likely N-dealkylation sites (tertiary alicyclic amines) is 1. The number of nitrogens with one attached hydrogen (secondary N) is 1. The van der Waals surface area contributed by atoms with E-state index in [2.05, 4.69) is 15.0 Å². The zero-order chi connectivity index (χ0) is 12.6. The molecule has 0 saturated carbocycles. The van der Waals surface area contributed by atoms with Crippen molar-refractivity contribution in [3.63, 3.8) is 0 Å². The average molecular weight is 230 g/mol. The van der Waals surface area contributed by atoms with Crippen molar-refractivity contribution >= 4 is 11.9 Å². The van der Waals surface area contributed by atoms with E-state index in [4.69, 9.17) is 0 Å². The van der Waals surface area contributed by atoms with Crippen molar-refractivity contribution in [3.8, 4) is 0 Å². The number of esters is 1. The third-order valence-corrected chi connectivity index (χ3v) is 2.29. The highest BCUT2D eigenvalue weighted by molar-refractivity contribution is 5.80. The van der Waals surface area contributed by atoms with Crippen LogP contribution >= 0.6 is 0 Å². The Bertz CT molecular complexity index is 225. The fourth-order valence-corrected chi connectivity index (χ4v) is 1.40. The van der Waals surface area contributed by atoms with E-state index in [0.29, 0.717) is 6.54 Å². The molecule has 1 fully saturated rings. The molecule has 0 atom stereocenters. The number of carbonyl (C=O) groups is 2. The fourth-order valence-electron chi connectivity index (χ4n) is 1.40. The number of hydrogen-bond acceptors (Lipinski definition) is 4. The molecule has 1 heterocycles. The van der Waals surface area contributed by atoms with Crippen LogP contribution in [0.15, 0.2) is 0 Å². The maximum Gasteiger partial charge on any atom is 0.307 e. The number of carbonyl (C=O) groups excluding carboxylic acids is 2. The number of hydrogen-bond donors (Lipinski definition) is 1. The first-order chi connectivity index (χ1) is 7.63. The van der Waals surface area contributed by atoms with E-state index in [0.717, 1.165) is 13.1 Å². The summed E-state index contributed by atoms with van der Waals surface area (Å²) in [5.74, 6) is -0.166. The summed E-state index contributed by atoms with van der Waals surface area (Å²) in [6.45, 7) is 5.99. The summed E-state index contributed by atoms with van der Waals surface area (Å²) in [4.78, 5) is 24.1. The van der Waals surface area contributed by atoms with E-state index in [1.807, 2.05) is 20.9 Å². The normalized spacial score (nSPS) is 15.5. The molecule has 94 valence electrons. The molecule has 0 bridgehead atoms. The number of methoxy groups -OCH3 is 1. The Balaban J connectivity index is 0.00000106. The summed E-state index contributed by atoms with van der Waals surface area (Å²) in [5, 5.41) is 2.70. The zero-order valence-corrected chi connectivity index (χ0v) is 10.6. The van der Waals surface area contributed by atoms with E-state index in [9.17, 15) is 9.59 Å². The highest BCUT2D eigenvalue weighted by atomic mass is 16.5. The van der Waals surface area contributed by atoms with Crippen LogP contribution in [0.3, 0.4) is 0 Å². The number of ether oxygens (including phenoxy) is 1. The Morgan fingerprint density at radius 2 is 1.94 bits per heavy atom. The topological polar surface area (TPSA) is 58.6 Å². The van der Waals surface area contributed by atoms with Crippen molar-refractivity contribution in [1.82, 2.24) is 10.2 Å². The molecule has 16 heavy (non-hydrogen) atoms.